The molecule has 2 rings (SSSR count). The summed E-state index contributed by atoms with van der Waals surface area (Å²) in [5, 5.41) is 5.32. The van der Waals surface area contributed by atoms with E-state index in [2.05, 4.69) is 15.4 Å². The van der Waals surface area contributed by atoms with Crippen molar-refractivity contribution in [3.8, 4) is 0 Å². The lowest BCUT2D eigenvalue weighted by Crippen LogP contribution is -2.31. The predicted molar refractivity (Wildman–Crippen MR) is 97.5 cm³/mol. The molecule has 0 spiro atoms. The molecule has 0 bridgehead atoms. The van der Waals surface area contributed by atoms with E-state index in [-0.39, 0.29) is 11.5 Å². The van der Waals surface area contributed by atoms with Gasteiger partial charge in [-0.2, -0.15) is 0 Å². The molecule has 0 aliphatic rings. The second-order valence-electron chi connectivity index (χ2n) is 5.71. The molecule has 3 amide bonds. The van der Waals surface area contributed by atoms with E-state index in [1.54, 1.807) is 13.0 Å². The highest BCUT2D eigenvalue weighted by atomic mass is 32.1. The van der Waals surface area contributed by atoms with Crippen LogP contribution >= 0.6 is 11.3 Å². The van der Waals surface area contributed by atoms with Gasteiger partial charge in [0.25, 0.3) is 11.8 Å². The van der Waals surface area contributed by atoms with Crippen LogP contribution in [-0.2, 0) is 4.74 Å². The third-order valence-electron chi connectivity index (χ3n) is 3.87. The van der Waals surface area contributed by atoms with Gasteiger partial charge >= 0.3 is 6.09 Å². The largest absolute Gasteiger partial charge is 0.453 e. The Morgan fingerprint density at radius 1 is 1.04 bits per heavy atom. The Morgan fingerprint density at radius 2 is 1.72 bits per heavy atom. The minimum Gasteiger partial charge on any atom is -0.453 e. The predicted octanol–water partition coefficient (Wildman–Crippen LogP) is 3.73. The number of ether oxygens (including phenoxy) is 1. The van der Waals surface area contributed by atoms with Crippen LogP contribution in [0, 0.1) is 27.7 Å². The maximum absolute atomic E-state index is 12.6. The first-order chi connectivity index (χ1) is 11.7. The van der Waals surface area contributed by atoms with E-state index in [9.17, 15) is 14.4 Å². The number of imide groups is 1. The monoisotopic (exact) mass is 360 g/mol. The number of hydrogen-bond acceptors (Lipinski definition) is 5. The van der Waals surface area contributed by atoms with Gasteiger partial charge < -0.3 is 10.1 Å². The van der Waals surface area contributed by atoms with Crippen LogP contribution in [0.1, 0.15) is 42.3 Å². The molecule has 1 aromatic heterocycles. The molecule has 0 unspecified atom stereocenters. The molecule has 0 fully saturated rings. The molecule has 25 heavy (non-hydrogen) atoms. The number of aryl methyl sites for hydroxylation is 3. The molecule has 0 aliphatic heterocycles. The van der Waals surface area contributed by atoms with Crippen molar-refractivity contribution in [2.24, 2.45) is 0 Å². The summed E-state index contributed by atoms with van der Waals surface area (Å²) < 4.78 is 4.45. The smallest absolute Gasteiger partial charge is 0.413 e. The second kappa shape index (κ2) is 7.48. The van der Waals surface area contributed by atoms with E-state index in [0.717, 1.165) is 16.0 Å². The van der Waals surface area contributed by atoms with Crippen LogP contribution < -0.4 is 10.6 Å². The molecule has 7 heteroatoms. The van der Waals surface area contributed by atoms with Gasteiger partial charge in [0.2, 0.25) is 0 Å². The summed E-state index contributed by atoms with van der Waals surface area (Å²) in [5.41, 5.74) is 3.43. The standard InChI is InChI=1S/C18H20N2O4S/c1-9-6-7-13(10(2)8-9)15(21)19-17-14(11(3)12(4)25-17)16(22)20-18(23)24-5/h6-8H,1-5H3,(H,19,21)(H,20,22,23). The van der Waals surface area contributed by atoms with Crippen molar-refractivity contribution in [2.75, 3.05) is 12.4 Å². The lowest BCUT2D eigenvalue weighted by Gasteiger charge is -2.09. The summed E-state index contributed by atoms with van der Waals surface area (Å²) in [5.74, 6) is -0.907. The average molecular weight is 360 g/mol. The second-order valence-corrected chi connectivity index (χ2v) is 6.93. The van der Waals surface area contributed by atoms with Gasteiger partial charge in [0, 0.05) is 10.4 Å². The Bertz CT molecular complexity index is 855. The van der Waals surface area contributed by atoms with Crippen molar-refractivity contribution >= 4 is 34.2 Å². The number of methoxy groups -OCH3 is 1. The first-order valence-corrected chi connectivity index (χ1v) is 8.44. The number of benzene rings is 1. The van der Waals surface area contributed by atoms with Crippen molar-refractivity contribution in [1.82, 2.24) is 5.32 Å². The summed E-state index contributed by atoms with van der Waals surface area (Å²) in [7, 11) is 1.18. The molecular weight excluding hydrogens is 340 g/mol. The van der Waals surface area contributed by atoms with E-state index in [1.165, 1.54) is 18.4 Å². The molecule has 1 heterocycles. The Hall–Kier alpha value is -2.67. The van der Waals surface area contributed by atoms with E-state index >= 15 is 0 Å². The van der Waals surface area contributed by atoms with Crippen LogP contribution in [0.5, 0.6) is 0 Å². The fraction of sp³-hybridized carbons (Fsp3) is 0.278. The van der Waals surface area contributed by atoms with Crippen molar-refractivity contribution in [3.05, 3.63) is 50.9 Å². The molecule has 0 radical (unpaired) electrons. The van der Waals surface area contributed by atoms with Crippen LogP contribution in [0.4, 0.5) is 9.80 Å². The SMILES string of the molecule is COC(=O)NC(=O)c1c(NC(=O)c2ccc(C)cc2C)sc(C)c1C. The number of thiophene rings is 1. The van der Waals surface area contributed by atoms with Gasteiger partial charge in [-0.3, -0.25) is 14.9 Å². The van der Waals surface area contributed by atoms with Crippen molar-refractivity contribution in [2.45, 2.75) is 27.7 Å². The number of carbonyl (C=O) groups is 3. The molecule has 2 N–H and O–H groups in total. The van der Waals surface area contributed by atoms with Gasteiger partial charge in [-0.05, 0) is 44.9 Å². The summed E-state index contributed by atoms with van der Waals surface area (Å²) in [6, 6.07) is 5.53. The highest BCUT2D eigenvalue weighted by Gasteiger charge is 2.23. The molecular formula is C18H20N2O4S. The zero-order valence-corrected chi connectivity index (χ0v) is 15.6. The Balaban J connectivity index is 2.33. The van der Waals surface area contributed by atoms with Gasteiger partial charge in [0.05, 0.1) is 12.7 Å². The van der Waals surface area contributed by atoms with E-state index in [1.807, 2.05) is 32.9 Å². The Kier molecular flexibility index (Phi) is 5.58. The summed E-state index contributed by atoms with van der Waals surface area (Å²) in [6.07, 6.45) is -0.847. The van der Waals surface area contributed by atoms with E-state index in [0.29, 0.717) is 16.1 Å². The quantitative estimate of drug-likeness (QED) is 0.873. The van der Waals surface area contributed by atoms with Crippen molar-refractivity contribution in [1.29, 1.82) is 0 Å². The normalized spacial score (nSPS) is 10.3. The van der Waals surface area contributed by atoms with Crippen LogP contribution in [0.3, 0.4) is 0 Å². The number of hydrogen-bond donors (Lipinski definition) is 2. The minimum absolute atomic E-state index is 0.269. The summed E-state index contributed by atoms with van der Waals surface area (Å²) >= 11 is 1.29. The van der Waals surface area contributed by atoms with Crippen LogP contribution in [0.2, 0.25) is 0 Å². The van der Waals surface area contributed by atoms with Gasteiger partial charge in [-0.1, -0.05) is 17.7 Å². The number of rotatable bonds is 3. The number of alkyl carbamates (subject to hydrolysis) is 1. The molecule has 0 aliphatic carbocycles. The molecule has 0 saturated carbocycles. The number of carbonyl (C=O) groups excluding carboxylic acids is 3. The molecule has 132 valence electrons. The van der Waals surface area contributed by atoms with Gasteiger partial charge in [0.15, 0.2) is 0 Å². The average Bonchev–Trinajstić information content (AvgIpc) is 2.81. The van der Waals surface area contributed by atoms with Crippen molar-refractivity contribution < 1.29 is 19.1 Å². The first kappa shape index (κ1) is 18.7. The van der Waals surface area contributed by atoms with Gasteiger partial charge in [0.1, 0.15) is 5.00 Å². The van der Waals surface area contributed by atoms with Crippen LogP contribution in [-0.4, -0.2) is 25.0 Å². The number of amides is 3. The fourth-order valence-corrected chi connectivity index (χ4v) is 3.49. The maximum atomic E-state index is 12.6. The Labute approximate surface area is 150 Å². The maximum Gasteiger partial charge on any atom is 0.413 e. The lowest BCUT2D eigenvalue weighted by molar-refractivity contribution is 0.0937. The molecule has 0 atom stereocenters. The Morgan fingerprint density at radius 3 is 2.32 bits per heavy atom. The van der Waals surface area contributed by atoms with Gasteiger partial charge in [-0.15, -0.1) is 11.3 Å². The van der Waals surface area contributed by atoms with Gasteiger partial charge in [-0.25, -0.2) is 4.79 Å². The molecule has 1 aromatic carbocycles. The summed E-state index contributed by atoms with van der Waals surface area (Å²) in [4.78, 5) is 37.1. The zero-order chi connectivity index (χ0) is 18.7. The third kappa shape index (κ3) is 4.06. The van der Waals surface area contributed by atoms with E-state index < -0.39 is 12.0 Å². The number of anilines is 1. The highest BCUT2D eigenvalue weighted by Crippen LogP contribution is 2.33. The van der Waals surface area contributed by atoms with E-state index in [4.69, 9.17) is 0 Å². The number of nitrogens with one attached hydrogen (secondary N) is 2. The fourth-order valence-electron chi connectivity index (χ4n) is 2.43. The first-order valence-electron chi connectivity index (χ1n) is 7.62. The molecule has 2 aromatic rings. The van der Waals surface area contributed by atoms with Crippen molar-refractivity contribution in [3.63, 3.8) is 0 Å². The third-order valence-corrected chi connectivity index (χ3v) is 4.99. The molecule has 0 saturated heterocycles. The minimum atomic E-state index is -0.847. The summed E-state index contributed by atoms with van der Waals surface area (Å²) in [6.45, 7) is 7.43. The molecule has 6 nitrogen and oxygen atoms in total. The zero-order valence-electron chi connectivity index (χ0n) is 14.8. The topological polar surface area (TPSA) is 84.5 Å². The van der Waals surface area contributed by atoms with Crippen LogP contribution in [0.15, 0.2) is 18.2 Å². The highest BCUT2D eigenvalue weighted by molar-refractivity contribution is 7.16. The van der Waals surface area contributed by atoms with Crippen LogP contribution in [0.25, 0.3) is 0 Å². The lowest BCUT2D eigenvalue weighted by atomic mass is 10.1.